The van der Waals surface area contributed by atoms with Gasteiger partial charge in [-0.25, -0.2) is 0 Å². The van der Waals surface area contributed by atoms with Gasteiger partial charge in [0.2, 0.25) is 0 Å². The maximum absolute atomic E-state index is 11.9. The average molecular weight is 455 g/mol. The van der Waals surface area contributed by atoms with Gasteiger partial charge in [-0.15, -0.1) is 11.8 Å². The van der Waals surface area contributed by atoms with Gasteiger partial charge in [0.15, 0.2) is 12.4 Å². The van der Waals surface area contributed by atoms with Gasteiger partial charge in [-0.2, -0.15) is 16.8 Å². The fraction of sp³-hybridized carbons (Fsp3) is 0.625. The number of thioether (sulfide) groups is 1. The Kier molecular flexibility index (Phi) is 6.72. The van der Waals surface area contributed by atoms with Gasteiger partial charge in [-0.05, 0) is 5.56 Å². The summed E-state index contributed by atoms with van der Waals surface area (Å²) in [6.07, 6.45) is -2.38. The largest absolute Gasteiger partial charge is 0.360 e. The molecule has 0 radical (unpaired) electrons. The first kappa shape index (κ1) is 22.0. The summed E-state index contributed by atoms with van der Waals surface area (Å²) in [5.41, 5.74) is 0.494. The molecule has 9 nitrogen and oxygen atoms in total. The van der Waals surface area contributed by atoms with E-state index in [0.29, 0.717) is 0 Å². The van der Waals surface area contributed by atoms with Gasteiger partial charge in [0.25, 0.3) is 20.2 Å². The summed E-state index contributed by atoms with van der Waals surface area (Å²) in [4.78, 5) is 0. The van der Waals surface area contributed by atoms with Gasteiger partial charge in [-0.3, -0.25) is 8.37 Å². The van der Waals surface area contributed by atoms with Crippen molar-refractivity contribution >= 4 is 32.0 Å². The van der Waals surface area contributed by atoms with Gasteiger partial charge in [0, 0.05) is 7.11 Å². The molecule has 0 unspecified atom stereocenters. The number of rotatable bonds is 6. The molecule has 3 rings (SSSR count). The van der Waals surface area contributed by atoms with Crippen molar-refractivity contribution in [2.24, 2.45) is 0 Å². The van der Waals surface area contributed by atoms with Crippen LogP contribution in [0.25, 0.3) is 0 Å². The van der Waals surface area contributed by atoms with Crippen LogP contribution in [0.3, 0.4) is 0 Å². The third-order valence-electron chi connectivity index (χ3n) is 4.16. The third kappa shape index (κ3) is 5.45. The molecule has 0 aliphatic carbocycles. The predicted molar refractivity (Wildman–Crippen MR) is 102 cm³/mol. The van der Waals surface area contributed by atoms with E-state index in [1.54, 1.807) is 0 Å². The average Bonchev–Trinajstić information content (AvgIpc) is 2.61. The molecule has 1 aromatic carbocycles. The van der Waals surface area contributed by atoms with Crippen molar-refractivity contribution in [1.82, 2.24) is 0 Å². The maximum Gasteiger partial charge on any atom is 0.264 e. The minimum atomic E-state index is -3.93. The summed E-state index contributed by atoms with van der Waals surface area (Å²) in [5, 5.41) is -0.563. The van der Waals surface area contributed by atoms with Crippen molar-refractivity contribution in [3.05, 3.63) is 35.9 Å². The first-order valence-electron chi connectivity index (χ1n) is 8.34. The van der Waals surface area contributed by atoms with E-state index in [1.165, 1.54) is 18.9 Å². The number of methoxy groups -OCH3 is 1. The lowest BCUT2D eigenvalue weighted by Gasteiger charge is -2.47. The third-order valence-corrected chi connectivity index (χ3v) is 6.84. The van der Waals surface area contributed by atoms with Gasteiger partial charge in [0.1, 0.15) is 11.5 Å². The highest BCUT2D eigenvalue weighted by atomic mass is 32.2. The fourth-order valence-electron chi connectivity index (χ4n) is 3.13. The van der Waals surface area contributed by atoms with Crippen molar-refractivity contribution in [3.8, 4) is 0 Å². The fourth-order valence-corrected chi connectivity index (χ4v) is 5.88. The summed E-state index contributed by atoms with van der Waals surface area (Å²) >= 11 is 1.29. The van der Waals surface area contributed by atoms with Gasteiger partial charge in [-0.1, -0.05) is 30.3 Å². The number of hydrogen-bond acceptors (Lipinski definition) is 10. The Bertz CT molecular complexity index is 872. The lowest BCUT2D eigenvalue weighted by Crippen LogP contribution is -2.61. The van der Waals surface area contributed by atoms with E-state index in [-0.39, 0.29) is 6.61 Å². The Hall–Kier alpha value is -0.730. The zero-order chi connectivity index (χ0) is 20.5. The van der Waals surface area contributed by atoms with Crippen LogP contribution in [0.5, 0.6) is 0 Å². The Balaban J connectivity index is 1.93. The van der Waals surface area contributed by atoms with Crippen molar-refractivity contribution in [3.63, 3.8) is 0 Å². The standard InChI is InChI=1S/C16H22O9S3/c1-21-15-13(25-28(3,19)20)12(24-27(2,17)18)14-11(23-15)9-22-16(26-14)10-7-5-4-6-8-10/h4-8,11-16H,9H2,1-3H3/t11-,12-,13-,14-,15+,16-/m1/s1. The molecule has 2 aliphatic rings. The van der Waals surface area contributed by atoms with Crippen molar-refractivity contribution in [2.75, 3.05) is 26.2 Å². The SMILES string of the molecule is CO[C@H]1O[C@@H]2CO[C@@H](c3ccccc3)S[C@H]2[C@H](OS(C)(=O)=O)[C@H]1OS(C)(=O)=O. The number of benzene rings is 1. The Morgan fingerprint density at radius 2 is 1.61 bits per heavy atom. The first-order chi connectivity index (χ1) is 13.1. The van der Waals surface area contributed by atoms with E-state index in [4.69, 9.17) is 22.6 Å². The second-order valence-electron chi connectivity index (χ2n) is 6.49. The van der Waals surface area contributed by atoms with Crippen LogP contribution in [0, 0.1) is 0 Å². The van der Waals surface area contributed by atoms with Crippen molar-refractivity contribution in [1.29, 1.82) is 0 Å². The second kappa shape index (κ2) is 8.56. The molecule has 2 saturated heterocycles. The summed E-state index contributed by atoms with van der Waals surface area (Å²) in [6, 6.07) is 9.37. The van der Waals surface area contributed by atoms with Crippen LogP contribution in [0.4, 0.5) is 0 Å². The Morgan fingerprint density at radius 1 is 1.00 bits per heavy atom. The molecule has 6 atom stereocenters. The molecule has 0 bridgehead atoms. The molecule has 0 N–H and O–H groups in total. The summed E-state index contributed by atoms with van der Waals surface area (Å²) < 4.78 is 74.5. The molecular weight excluding hydrogens is 432 g/mol. The van der Waals surface area contributed by atoms with E-state index in [1.807, 2.05) is 30.3 Å². The van der Waals surface area contributed by atoms with Crippen LogP contribution in [0.2, 0.25) is 0 Å². The monoisotopic (exact) mass is 454 g/mol. The topological polar surface area (TPSA) is 114 Å². The highest BCUT2D eigenvalue weighted by Gasteiger charge is 2.53. The van der Waals surface area contributed by atoms with E-state index in [0.717, 1.165) is 18.1 Å². The lowest BCUT2D eigenvalue weighted by molar-refractivity contribution is -0.253. The Morgan fingerprint density at radius 3 is 2.18 bits per heavy atom. The van der Waals surface area contributed by atoms with E-state index >= 15 is 0 Å². The molecule has 1 aromatic rings. The highest BCUT2D eigenvalue weighted by Crippen LogP contribution is 2.45. The normalized spacial score (nSPS) is 34.0. The molecule has 28 heavy (non-hydrogen) atoms. The molecule has 2 heterocycles. The van der Waals surface area contributed by atoms with E-state index in [9.17, 15) is 16.8 Å². The van der Waals surface area contributed by atoms with Crippen LogP contribution in [0.15, 0.2) is 30.3 Å². The summed E-state index contributed by atoms with van der Waals surface area (Å²) in [6.45, 7) is 0.159. The number of fused-ring (bicyclic) bond motifs is 1. The molecule has 0 aromatic heterocycles. The van der Waals surface area contributed by atoms with E-state index < -0.39 is 55.5 Å². The van der Waals surface area contributed by atoms with Crippen LogP contribution in [-0.4, -0.2) is 72.9 Å². The number of ether oxygens (including phenoxy) is 3. The molecule has 0 spiro atoms. The second-order valence-corrected chi connectivity index (χ2v) is 10.9. The van der Waals surface area contributed by atoms with Crippen LogP contribution in [-0.2, 0) is 42.8 Å². The van der Waals surface area contributed by atoms with Crippen molar-refractivity contribution < 1.29 is 39.4 Å². The van der Waals surface area contributed by atoms with E-state index in [2.05, 4.69) is 0 Å². The Labute approximate surface area is 168 Å². The smallest absolute Gasteiger partial charge is 0.264 e. The van der Waals surface area contributed by atoms with Crippen LogP contribution in [0.1, 0.15) is 11.0 Å². The minimum absolute atomic E-state index is 0.159. The minimum Gasteiger partial charge on any atom is -0.360 e. The molecule has 2 fully saturated rings. The summed E-state index contributed by atoms with van der Waals surface area (Å²) in [7, 11) is -6.54. The lowest BCUT2D eigenvalue weighted by atomic mass is 10.0. The predicted octanol–water partition coefficient (Wildman–Crippen LogP) is 0.878. The molecule has 0 amide bonds. The van der Waals surface area contributed by atoms with Crippen LogP contribution < -0.4 is 0 Å². The molecular formula is C16H22O9S3. The molecule has 0 saturated carbocycles. The van der Waals surface area contributed by atoms with Gasteiger partial charge in [0.05, 0.1) is 30.5 Å². The zero-order valence-corrected chi connectivity index (χ0v) is 17.9. The molecule has 2 aliphatic heterocycles. The highest BCUT2D eigenvalue weighted by molar-refractivity contribution is 8.00. The maximum atomic E-state index is 11.9. The van der Waals surface area contributed by atoms with Crippen molar-refractivity contribution in [2.45, 2.75) is 35.3 Å². The zero-order valence-electron chi connectivity index (χ0n) is 15.5. The van der Waals surface area contributed by atoms with Gasteiger partial charge < -0.3 is 14.2 Å². The summed E-state index contributed by atoms with van der Waals surface area (Å²) in [5.74, 6) is 0. The first-order valence-corrected chi connectivity index (χ1v) is 12.9. The van der Waals surface area contributed by atoms with Gasteiger partial charge >= 0.3 is 0 Å². The van der Waals surface area contributed by atoms with Crippen LogP contribution >= 0.6 is 11.8 Å². The molecule has 158 valence electrons. The number of hydrogen-bond donors (Lipinski definition) is 0. The molecule has 12 heteroatoms. The quantitative estimate of drug-likeness (QED) is 0.574.